The predicted molar refractivity (Wildman–Crippen MR) is 73.5 cm³/mol. The molecule has 4 nitrogen and oxygen atoms in total. The first-order valence-corrected chi connectivity index (χ1v) is 7.09. The van der Waals surface area contributed by atoms with E-state index < -0.39 is 0 Å². The van der Waals surface area contributed by atoms with Gasteiger partial charge in [-0.05, 0) is 12.5 Å². The van der Waals surface area contributed by atoms with Crippen molar-refractivity contribution in [3.63, 3.8) is 0 Å². The first-order valence-electron chi connectivity index (χ1n) is 6.21. The highest BCUT2D eigenvalue weighted by atomic mass is 32.2. The molecule has 0 amide bonds. The van der Waals surface area contributed by atoms with E-state index >= 15 is 0 Å². The largest absolute Gasteiger partial charge is 0.365 e. The first kappa shape index (κ1) is 12.5. The third kappa shape index (κ3) is 3.77. The molecule has 0 saturated carbocycles. The molecule has 1 unspecified atom stereocenters. The molecule has 5 heteroatoms. The summed E-state index contributed by atoms with van der Waals surface area (Å²) in [7, 11) is 1.95. The van der Waals surface area contributed by atoms with Gasteiger partial charge in [-0.25, -0.2) is 0 Å². The van der Waals surface area contributed by atoms with E-state index in [2.05, 4.69) is 28.4 Å². The van der Waals surface area contributed by atoms with E-state index in [4.69, 9.17) is 0 Å². The minimum absolute atomic E-state index is 0.692. The highest BCUT2D eigenvalue weighted by Gasteiger charge is 2.17. The van der Waals surface area contributed by atoms with Gasteiger partial charge in [0.15, 0.2) is 5.17 Å². The van der Waals surface area contributed by atoms with Crippen LogP contribution in [0, 0.1) is 0 Å². The summed E-state index contributed by atoms with van der Waals surface area (Å²) in [6.45, 7) is 4.12. The van der Waals surface area contributed by atoms with Crippen molar-refractivity contribution in [2.24, 2.45) is 12.0 Å². The van der Waals surface area contributed by atoms with E-state index in [9.17, 15) is 0 Å². The fourth-order valence-corrected chi connectivity index (χ4v) is 3.03. The molecule has 94 valence electrons. The molecular weight excluding hydrogens is 232 g/mol. The number of aromatic nitrogens is 2. The lowest BCUT2D eigenvalue weighted by Gasteiger charge is -2.07. The average molecular weight is 252 g/mol. The summed E-state index contributed by atoms with van der Waals surface area (Å²) >= 11 is 1.89. The summed E-state index contributed by atoms with van der Waals surface area (Å²) in [6.07, 6.45) is 5.45. The second-order valence-corrected chi connectivity index (χ2v) is 5.62. The van der Waals surface area contributed by atoms with Crippen molar-refractivity contribution >= 4 is 16.9 Å². The van der Waals surface area contributed by atoms with E-state index in [1.54, 1.807) is 0 Å². The van der Waals surface area contributed by atoms with Crippen LogP contribution in [0.4, 0.5) is 0 Å². The number of hydrogen-bond donors (Lipinski definition) is 1. The molecule has 0 aliphatic carbocycles. The average Bonchev–Trinajstić information content (AvgIpc) is 2.89. The molecular formula is C12H20N4S. The molecule has 1 aromatic heterocycles. The van der Waals surface area contributed by atoms with Gasteiger partial charge in [0.05, 0.1) is 12.2 Å². The van der Waals surface area contributed by atoms with E-state index in [1.807, 2.05) is 29.7 Å². The van der Waals surface area contributed by atoms with Crippen molar-refractivity contribution in [3.05, 3.63) is 18.0 Å². The van der Waals surface area contributed by atoms with Crippen molar-refractivity contribution in [1.82, 2.24) is 15.1 Å². The molecule has 0 aromatic carbocycles. The van der Waals surface area contributed by atoms with Gasteiger partial charge in [-0.3, -0.25) is 9.67 Å². The zero-order chi connectivity index (χ0) is 12.1. The van der Waals surface area contributed by atoms with Crippen molar-refractivity contribution in [2.45, 2.75) is 31.4 Å². The Hall–Kier alpha value is -0.970. The Morgan fingerprint density at radius 3 is 3.18 bits per heavy atom. The number of nitrogens with zero attached hydrogens (tertiary/aromatic N) is 3. The normalized spacial score (nSPS) is 19.4. The molecule has 1 aliphatic rings. The van der Waals surface area contributed by atoms with Crippen LogP contribution in [0.2, 0.25) is 0 Å². The second kappa shape index (κ2) is 6.10. The number of thioether (sulfide) groups is 1. The minimum Gasteiger partial charge on any atom is -0.365 e. The molecule has 0 spiro atoms. The number of rotatable bonds is 5. The number of aliphatic imine (C=N–C) groups is 1. The molecule has 1 aliphatic heterocycles. The SMILES string of the molecule is CCCC1CN=C(NCCc2ccn(C)n2)S1. The van der Waals surface area contributed by atoms with Crippen LogP contribution in [-0.2, 0) is 13.5 Å². The number of hydrogen-bond acceptors (Lipinski definition) is 4. The summed E-state index contributed by atoms with van der Waals surface area (Å²) in [5.41, 5.74) is 1.13. The van der Waals surface area contributed by atoms with Crippen LogP contribution >= 0.6 is 11.8 Å². The van der Waals surface area contributed by atoms with Crippen LogP contribution < -0.4 is 5.32 Å². The Labute approximate surface area is 107 Å². The van der Waals surface area contributed by atoms with E-state index in [0.29, 0.717) is 5.25 Å². The number of aryl methyl sites for hydroxylation is 1. The molecule has 2 heterocycles. The molecule has 0 saturated heterocycles. The van der Waals surface area contributed by atoms with Gasteiger partial charge in [-0.1, -0.05) is 25.1 Å². The van der Waals surface area contributed by atoms with Gasteiger partial charge in [-0.15, -0.1) is 0 Å². The van der Waals surface area contributed by atoms with Crippen molar-refractivity contribution in [3.8, 4) is 0 Å². The van der Waals surface area contributed by atoms with Crippen LogP contribution in [0.5, 0.6) is 0 Å². The van der Waals surface area contributed by atoms with Gasteiger partial charge in [0, 0.05) is 31.5 Å². The standard InChI is InChI=1S/C12H20N4S/c1-3-4-11-9-14-12(17-11)13-7-5-10-6-8-16(2)15-10/h6,8,11H,3-5,7,9H2,1-2H3,(H,13,14). The van der Waals surface area contributed by atoms with Gasteiger partial charge < -0.3 is 5.32 Å². The van der Waals surface area contributed by atoms with Crippen molar-refractivity contribution < 1.29 is 0 Å². The highest BCUT2D eigenvalue weighted by Crippen LogP contribution is 2.23. The van der Waals surface area contributed by atoms with Gasteiger partial charge in [-0.2, -0.15) is 5.10 Å². The second-order valence-electron chi connectivity index (χ2n) is 4.33. The molecule has 0 bridgehead atoms. The van der Waals surface area contributed by atoms with Gasteiger partial charge in [0.2, 0.25) is 0 Å². The highest BCUT2D eigenvalue weighted by molar-refractivity contribution is 8.14. The van der Waals surface area contributed by atoms with Crippen LogP contribution in [0.1, 0.15) is 25.5 Å². The lowest BCUT2D eigenvalue weighted by Crippen LogP contribution is -2.22. The van der Waals surface area contributed by atoms with Crippen molar-refractivity contribution in [2.75, 3.05) is 13.1 Å². The maximum absolute atomic E-state index is 4.52. The van der Waals surface area contributed by atoms with Crippen LogP contribution in [0.3, 0.4) is 0 Å². The summed E-state index contributed by atoms with van der Waals surface area (Å²) in [4.78, 5) is 4.52. The quantitative estimate of drug-likeness (QED) is 0.869. The monoisotopic (exact) mass is 252 g/mol. The van der Waals surface area contributed by atoms with Crippen molar-refractivity contribution in [1.29, 1.82) is 0 Å². The summed E-state index contributed by atoms with van der Waals surface area (Å²) in [5.74, 6) is 0. The van der Waals surface area contributed by atoms with E-state index in [0.717, 1.165) is 30.4 Å². The topological polar surface area (TPSA) is 42.2 Å². The zero-order valence-electron chi connectivity index (χ0n) is 10.5. The summed E-state index contributed by atoms with van der Waals surface area (Å²) < 4.78 is 1.84. The fraction of sp³-hybridized carbons (Fsp3) is 0.667. The van der Waals surface area contributed by atoms with Crippen LogP contribution in [-0.4, -0.2) is 33.3 Å². The third-order valence-corrected chi connectivity index (χ3v) is 3.97. The van der Waals surface area contributed by atoms with Crippen LogP contribution in [0.15, 0.2) is 17.3 Å². The maximum atomic E-state index is 4.52. The molecule has 0 radical (unpaired) electrons. The Balaban J connectivity index is 1.66. The van der Waals surface area contributed by atoms with Gasteiger partial charge >= 0.3 is 0 Å². The fourth-order valence-electron chi connectivity index (χ4n) is 1.88. The lowest BCUT2D eigenvalue weighted by atomic mass is 10.2. The molecule has 1 aromatic rings. The molecule has 1 atom stereocenters. The molecule has 0 fully saturated rings. The Morgan fingerprint density at radius 2 is 2.47 bits per heavy atom. The first-order chi connectivity index (χ1) is 8.28. The summed E-state index contributed by atoms with van der Waals surface area (Å²) in [5, 5.41) is 9.54. The van der Waals surface area contributed by atoms with E-state index in [1.165, 1.54) is 12.8 Å². The minimum atomic E-state index is 0.692. The third-order valence-electron chi connectivity index (χ3n) is 2.75. The summed E-state index contributed by atoms with van der Waals surface area (Å²) in [6, 6.07) is 2.06. The van der Waals surface area contributed by atoms with E-state index in [-0.39, 0.29) is 0 Å². The zero-order valence-corrected chi connectivity index (χ0v) is 11.3. The predicted octanol–water partition coefficient (Wildman–Crippen LogP) is 1.82. The smallest absolute Gasteiger partial charge is 0.156 e. The molecule has 1 N–H and O–H groups in total. The number of nitrogens with one attached hydrogen (secondary N) is 1. The number of amidine groups is 1. The van der Waals surface area contributed by atoms with Gasteiger partial charge in [0.1, 0.15) is 0 Å². The molecule has 17 heavy (non-hydrogen) atoms. The van der Waals surface area contributed by atoms with Crippen LogP contribution in [0.25, 0.3) is 0 Å². The Morgan fingerprint density at radius 1 is 1.59 bits per heavy atom. The lowest BCUT2D eigenvalue weighted by molar-refractivity contribution is 0.731. The molecule has 2 rings (SSSR count). The van der Waals surface area contributed by atoms with Gasteiger partial charge in [0.25, 0.3) is 0 Å². The Kier molecular flexibility index (Phi) is 4.48. The Bertz CT molecular complexity index is 386. The maximum Gasteiger partial charge on any atom is 0.156 e.